The number of benzene rings is 1. The lowest BCUT2D eigenvalue weighted by atomic mass is 10.1. The van der Waals surface area contributed by atoms with Crippen LogP contribution in [-0.2, 0) is 14.8 Å². The van der Waals surface area contributed by atoms with Crippen LogP contribution in [0.5, 0.6) is 0 Å². The van der Waals surface area contributed by atoms with Gasteiger partial charge in [0.05, 0.1) is 11.9 Å². The van der Waals surface area contributed by atoms with Gasteiger partial charge in [-0.3, -0.25) is 9.69 Å². The lowest BCUT2D eigenvalue weighted by Gasteiger charge is -2.40. The van der Waals surface area contributed by atoms with Crippen molar-refractivity contribution in [3.63, 3.8) is 0 Å². The third kappa shape index (κ3) is 4.56. The second-order valence-electron chi connectivity index (χ2n) is 8.01. The van der Waals surface area contributed by atoms with Crippen molar-refractivity contribution in [2.45, 2.75) is 43.9 Å². The van der Waals surface area contributed by atoms with Gasteiger partial charge in [-0.2, -0.15) is 0 Å². The van der Waals surface area contributed by atoms with Crippen molar-refractivity contribution in [3.05, 3.63) is 35.9 Å². The number of sulfonamides is 1. The summed E-state index contributed by atoms with van der Waals surface area (Å²) in [5.74, 6) is 0.137. The summed E-state index contributed by atoms with van der Waals surface area (Å²) in [4.78, 5) is 17.2. The molecule has 1 amide bonds. The average molecular weight is 408 g/mol. The molecule has 3 aliphatic heterocycles. The number of hydrogen-bond acceptors (Lipinski definition) is 5. The number of ether oxygens (including phenoxy) is 1. The molecule has 0 radical (unpaired) electrons. The Labute approximate surface area is 167 Å². The van der Waals surface area contributed by atoms with Crippen LogP contribution in [0.1, 0.15) is 36.0 Å². The van der Waals surface area contributed by atoms with Crippen molar-refractivity contribution >= 4 is 15.9 Å². The van der Waals surface area contributed by atoms with Crippen molar-refractivity contribution in [2.24, 2.45) is 0 Å². The van der Waals surface area contributed by atoms with Crippen molar-refractivity contribution in [2.75, 3.05) is 38.5 Å². The number of nitrogens with zero attached hydrogens (tertiary/aromatic N) is 2. The van der Waals surface area contributed by atoms with E-state index in [9.17, 15) is 13.2 Å². The quantitative estimate of drug-likeness (QED) is 0.732. The van der Waals surface area contributed by atoms with Gasteiger partial charge in [-0.05, 0) is 37.8 Å². The first-order valence-corrected chi connectivity index (χ1v) is 11.9. The van der Waals surface area contributed by atoms with E-state index in [1.54, 1.807) is 0 Å². The summed E-state index contributed by atoms with van der Waals surface area (Å²) in [6, 6.07) is 9.57. The number of amides is 1. The van der Waals surface area contributed by atoms with E-state index >= 15 is 0 Å². The zero-order valence-electron chi connectivity index (χ0n) is 16.1. The number of carbonyl (C=O) groups excluding carboxylic acids is 1. The van der Waals surface area contributed by atoms with Crippen LogP contribution in [0.25, 0.3) is 0 Å². The number of nitrogens with one attached hydrogen (secondary N) is 1. The van der Waals surface area contributed by atoms with E-state index < -0.39 is 10.0 Å². The summed E-state index contributed by atoms with van der Waals surface area (Å²) in [6.45, 7) is 3.37. The second-order valence-corrected chi connectivity index (χ2v) is 9.93. The van der Waals surface area contributed by atoms with Crippen LogP contribution in [0.3, 0.4) is 0 Å². The lowest BCUT2D eigenvalue weighted by Crippen LogP contribution is -2.57. The molecule has 1 aromatic carbocycles. The van der Waals surface area contributed by atoms with Crippen molar-refractivity contribution in [3.8, 4) is 0 Å². The van der Waals surface area contributed by atoms with Gasteiger partial charge in [-0.25, -0.2) is 13.1 Å². The van der Waals surface area contributed by atoms with Crippen LogP contribution in [0.4, 0.5) is 0 Å². The fraction of sp³-hybridized carbons (Fsp3) is 0.650. The Morgan fingerprint density at radius 2 is 2.00 bits per heavy atom. The van der Waals surface area contributed by atoms with E-state index in [1.165, 1.54) is 0 Å². The normalized spacial score (nSPS) is 29.9. The molecule has 3 aliphatic rings. The predicted molar refractivity (Wildman–Crippen MR) is 107 cm³/mol. The van der Waals surface area contributed by atoms with Gasteiger partial charge >= 0.3 is 0 Å². The molecule has 2 bridgehead atoms. The van der Waals surface area contributed by atoms with Crippen molar-refractivity contribution in [1.29, 1.82) is 0 Å². The van der Waals surface area contributed by atoms with Gasteiger partial charge in [0.25, 0.3) is 5.91 Å². The molecule has 3 heterocycles. The van der Waals surface area contributed by atoms with Gasteiger partial charge in [0.15, 0.2) is 0 Å². The Balaban J connectivity index is 1.34. The number of carbonyl (C=O) groups is 1. The van der Waals surface area contributed by atoms with Gasteiger partial charge in [0, 0.05) is 50.4 Å². The van der Waals surface area contributed by atoms with Crippen LogP contribution < -0.4 is 4.72 Å². The van der Waals surface area contributed by atoms with Crippen LogP contribution in [-0.4, -0.2) is 80.9 Å². The van der Waals surface area contributed by atoms with Crippen LogP contribution in [0.15, 0.2) is 30.3 Å². The molecule has 7 nitrogen and oxygen atoms in total. The molecule has 28 heavy (non-hydrogen) atoms. The highest BCUT2D eigenvalue weighted by Crippen LogP contribution is 2.26. The molecule has 154 valence electrons. The van der Waals surface area contributed by atoms with E-state index in [1.807, 2.05) is 35.2 Å². The van der Waals surface area contributed by atoms with E-state index in [4.69, 9.17) is 4.74 Å². The fourth-order valence-electron chi connectivity index (χ4n) is 4.49. The summed E-state index contributed by atoms with van der Waals surface area (Å²) in [5, 5.41) is 0. The highest BCUT2D eigenvalue weighted by Gasteiger charge is 2.41. The zero-order valence-corrected chi connectivity index (χ0v) is 16.9. The highest BCUT2D eigenvalue weighted by molar-refractivity contribution is 7.89. The zero-order chi connectivity index (χ0) is 19.6. The van der Waals surface area contributed by atoms with E-state index in [0.29, 0.717) is 25.1 Å². The molecule has 1 aromatic rings. The molecule has 4 rings (SSSR count). The Kier molecular flexibility index (Phi) is 6.01. The standard InChI is InChI=1S/C20H29N3O4S/c24-20(16-5-2-1-3-6-16)23-15-18(22-10-8-17(23)14-22)13-21-28(25,26)12-9-19-7-4-11-27-19/h1-3,5-6,17-19,21H,4,7-15H2/t17-,18-,19+/m0/s1. The van der Waals surface area contributed by atoms with Gasteiger partial charge in [-0.1, -0.05) is 18.2 Å². The molecule has 0 aliphatic carbocycles. The molecule has 0 saturated carbocycles. The minimum Gasteiger partial charge on any atom is -0.378 e. The molecular formula is C20H29N3O4S. The molecule has 8 heteroatoms. The molecule has 0 aromatic heterocycles. The lowest BCUT2D eigenvalue weighted by molar-refractivity contribution is 0.0502. The summed E-state index contributed by atoms with van der Waals surface area (Å²) in [5.41, 5.74) is 0.693. The Hall–Kier alpha value is -1.48. The van der Waals surface area contributed by atoms with Gasteiger partial charge in [-0.15, -0.1) is 0 Å². The predicted octanol–water partition coefficient (Wildman–Crippen LogP) is 1.07. The molecule has 4 atom stereocenters. The molecular weight excluding hydrogens is 378 g/mol. The fourth-order valence-corrected chi connectivity index (χ4v) is 5.65. The van der Waals surface area contributed by atoms with Gasteiger partial charge < -0.3 is 9.64 Å². The van der Waals surface area contributed by atoms with Crippen molar-refractivity contribution < 1.29 is 17.9 Å². The molecule has 3 saturated heterocycles. The first-order valence-electron chi connectivity index (χ1n) is 10.2. The average Bonchev–Trinajstić information content (AvgIpc) is 3.37. The maximum atomic E-state index is 12.9. The summed E-state index contributed by atoms with van der Waals surface area (Å²) in [7, 11) is -3.34. The molecule has 0 spiro atoms. The largest absolute Gasteiger partial charge is 0.378 e. The summed E-state index contributed by atoms with van der Waals surface area (Å²) in [6.07, 6.45) is 3.53. The SMILES string of the molecule is O=C(c1ccccc1)N1C[C@H](CNS(=O)(=O)CC[C@H]2CCCO2)N2CC[C@H]1C2. The summed E-state index contributed by atoms with van der Waals surface area (Å²) < 4.78 is 33.1. The van der Waals surface area contributed by atoms with E-state index in [2.05, 4.69) is 9.62 Å². The van der Waals surface area contributed by atoms with Crippen molar-refractivity contribution in [1.82, 2.24) is 14.5 Å². The number of hydrogen-bond donors (Lipinski definition) is 1. The molecule has 1 unspecified atom stereocenters. The van der Waals surface area contributed by atoms with Crippen LogP contribution in [0.2, 0.25) is 0 Å². The third-order valence-electron chi connectivity index (χ3n) is 6.11. The van der Waals surface area contributed by atoms with Crippen LogP contribution in [0, 0.1) is 0 Å². The topological polar surface area (TPSA) is 79.0 Å². The number of fused-ring (bicyclic) bond motifs is 2. The molecule has 3 fully saturated rings. The Morgan fingerprint density at radius 1 is 1.18 bits per heavy atom. The third-order valence-corrected chi connectivity index (χ3v) is 7.49. The number of rotatable bonds is 7. The first-order chi connectivity index (χ1) is 13.5. The monoisotopic (exact) mass is 407 g/mol. The van der Waals surface area contributed by atoms with Gasteiger partial charge in [0.2, 0.25) is 10.0 Å². The number of piperazine rings is 1. The maximum absolute atomic E-state index is 12.9. The smallest absolute Gasteiger partial charge is 0.254 e. The highest BCUT2D eigenvalue weighted by atomic mass is 32.2. The minimum atomic E-state index is -3.34. The minimum absolute atomic E-state index is 0.0175. The Bertz CT molecular complexity index is 780. The summed E-state index contributed by atoms with van der Waals surface area (Å²) >= 11 is 0. The maximum Gasteiger partial charge on any atom is 0.254 e. The van der Waals surface area contributed by atoms with Gasteiger partial charge in [0.1, 0.15) is 0 Å². The van der Waals surface area contributed by atoms with E-state index in [0.717, 1.165) is 39.0 Å². The van der Waals surface area contributed by atoms with Crippen LogP contribution >= 0.6 is 0 Å². The molecule has 1 N–H and O–H groups in total. The Morgan fingerprint density at radius 3 is 2.75 bits per heavy atom. The first kappa shape index (κ1) is 19.8. The van der Waals surface area contributed by atoms with E-state index in [-0.39, 0.29) is 29.8 Å². The second kappa shape index (κ2) is 8.49.